The van der Waals surface area contributed by atoms with Gasteiger partial charge in [0, 0.05) is 34.1 Å². The van der Waals surface area contributed by atoms with Crippen molar-refractivity contribution in [3.05, 3.63) is 94.5 Å². The Labute approximate surface area is 168 Å². The Bertz CT molecular complexity index is 1030. The van der Waals surface area contributed by atoms with Crippen LogP contribution in [0.15, 0.2) is 72.8 Å². The molecule has 0 aromatic heterocycles. The van der Waals surface area contributed by atoms with Crippen LogP contribution in [0.1, 0.15) is 32.7 Å². The zero-order valence-corrected chi connectivity index (χ0v) is 15.9. The first-order valence-electron chi connectivity index (χ1n) is 9.18. The average Bonchev–Trinajstić information content (AvgIpc) is 2.73. The molecule has 0 saturated carbocycles. The van der Waals surface area contributed by atoms with Gasteiger partial charge in [-0.25, -0.2) is 0 Å². The van der Waals surface area contributed by atoms with E-state index in [-0.39, 0.29) is 11.8 Å². The summed E-state index contributed by atoms with van der Waals surface area (Å²) in [5.74, 6) is -0.293. The number of carbonyl (C=O) groups is 2. The van der Waals surface area contributed by atoms with Gasteiger partial charge in [-0.05, 0) is 66.9 Å². The normalized spacial score (nSPS) is 13.0. The van der Waals surface area contributed by atoms with Gasteiger partial charge in [-0.15, -0.1) is 0 Å². The number of benzene rings is 3. The zero-order chi connectivity index (χ0) is 19.5. The second-order valence-electron chi connectivity index (χ2n) is 6.73. The average molecular weight is 391 g/mol. The molecule has 2 amide bonds. The van der Waals surface area contributed by atoms with Crippen LogP contribution in [0.5, 0.6) is 0 Å². The summed E-state index contributed by atoms with van der Waals surface area (Å²) in [4.78, 5) is 27.2. The minimum Gasteiger partial charge on any atom is -0.322 e. The van der Waals surface area contributed by atoms with E-state index in [2.05, 4.69) is 11.4 Å². The van der Waals surface area contributed by atoms with E-state index in [1.807, 2.05) is 23.1 Å². The van der Waals surface area contributed by atoms with Crippen molar-refractivity contribution in [3.8, 4) is 0 Å². The first-order chi connectivity index (χ1) is 13.6. The maximum atomic E-state index is 13.0. The third-order valence-corrected chi connectivity index (χ3v) is 5.07. The molecule has 0 unspecified atom stereocenters. The summed E-state index contributed by atoms with van der Waals surface area (Å²) in [6, 6.07) is 21.7. The van der Waals surface area contributed by atoms with Crippen molar-refractivity contribution < 1.29 is 9.59 Å². The van der Waals surface area contributed by atoms with E-state index >= 15 is 0 Å². The number of amides is 2. The number of carbonyl (C=O) groups excluding carboxylic acids is 2. The third kappa shape index (κ3) is 3.78. The van der Waals surface area contributed by atoms with Gasteiger partial charge in [0.25, 0.3) is 11.8 Å². The molecule has 3 aromatic rings. The van der Waals surface area contributed by atoms with Crippen LogP contribution in [-0.4, -0.2) is 18.4 Å². The van der Waals surface area contributed by atoms with E-state index in [0.29, 0.717) is 28.4 Å². The van der Waals surface area contributed by atoms with Gasteiger partial charge in [-0.1, -0.05) is 35.9 Å². The minimum absolute atomic E-state index is 0.0473. The standard InChI is InChI=1S/C23H19ClN2O2/c24-19-7-3-8-20(15-19)25-22(27)17-10-12-18(13-11-17)23(28)26-14-4-6-16-5-1-2-9-21(16)26/h1-3,5,7-13,15H,4,6,14H2,(H,25,27). The van der Waals surface area contributed by atoms with Gasteiger partial charge in [0.1, 0.15) is 0 Å². The van der Waals surface area contributed by atoms with Gasteiger partial charge in [-0.3, -0.25) is 9.59 Å². The molecule has 1 aliphatic heterocycles. The second-order valence-corrected chi connectivity index (χ2v) is 7.17. The van der Waals surface area contributed by atoms with E-state index in [1.54, 1.807) is 48.5 Å². The van der Waals surface area contributed by atoms with Crippen LogP contribution in [0.4, 0.5) is 11.4 Å². The second kappa shape index (κ2) is 7.87. The monoisotopic (exact) mass is 390 g/mol. The highest BCUT2D eigenvalue weighted by Crippen LogP contribution is 2.28. The number of hydrogen-bond acceptors (Lipinski definition) is 2. The highest BCUT2D eigenvalue weighted by molar-refractivity contribution is 6.31. The molecule has 1 aliphatic rings. The van der Waals surface area contributed by atoms with Crippen molar-refractivity contribution >= 4 is 34.8 Å². The number of para-hydroxylation sites is 1. The fourth-order valence-electron chi connectivity index (χ4n) is 3.43. The Balaban J connectivity index is 1.50. The lowest BCUT2D eigenvalue weighted by molar-refractivity contribution is 0.0982. The fourth-order valence-corrected chi connectivity index (χ4v) is 3.62. The highest BCUT2D eigenvalue weighted by Gasteiger charge is 2.23. The molecular weight excluding hydrogens is 372 g/mol. The summed E-state index contributed by atoms with van der Waals surface area (Å²) in [5, 5.41) is 3.36. The Kier molecular flexibility index (Phi) is 5.13. The number of halogens is 1. The van der Waals surface area contributed by atoms with Crippen LogP contribution in [0.2, 0.25) is 5.02 Å². The fraction of sp³-hybridized carbons (Fsp3) is 0.130. The third-order valence-electron chi connectivity index (χ3n) is 4.83. The lowest BCUT2D eigenvalue weighted by Crippen LogP contribution is -2.35. The van der Waals surface area contributed by atoms with Crippen LogP contribution in [0, 0.1) is 0 Å². The topological polar surface area (TPSA) is 49.4 Å². The summed E-state index contributed by atoms with van der Waals surface area (Å²) in [6.07, 6.45) is 1.94. The zero-order valence-electron chi connectivity index (χ0n) is 15.2. The Morgan fingerprint density at radius 2 is 1.64 bits per heavy atom. The van der Waals surface area contributed by atoms with Gasteiger partial charge in [0.15, 0.2) is 0 Å². The number of nitrogens with one attached hydrogen (secondary N) is 1. The number of nitrogens with zero attached hydrogens (tertiary/aromatic N) is 1. The predicted octanol–water partition coefficient (Wildman–Crippen LogP) is 5.19. The lowest BCUT2D eigenvalue weighted by Gasteiger charge is -2.29. The van der Waals surface area contributed by atoms with Crippen molar-refractivity contribution in [3.63, 3.8) is 0 Å². The van der Waals surface area contributed by atoms with Crippen molar-refractivity contribution in [2.75, 3.05) is 16.8 Å². The summed E-state index contributed by atoms with van der Waals surface area (Å²) in [7, 11) is 0. The van der Waals surface area contributed by atoms with Crippen LogP contribution < -0.4 is 10.2 Å². The summed E-state index contributed by atoms with van der Waals surface area (Å²) in [6.45, 7) is 0.701. The van der Waals surface area contributed by atoms with Crippen molar-refractivity contribution in [2.45, 2.75) is 12.8 Å². The first kappa shape index (κ1) is 18.3. The molecule has 0 fully saturated rings. The van der Waals surface area contributed by atoms with Crippen molar-refractivity contribution in [1.29, 1.82) is 0 Å². The molecule has 0 aliphatic carbocycles. The van der Waals surface area contributed by atoms with Crippen LogP contribution >= 0.6 is 11.6 Å². The molecular formula is C23H19ClN2O2. The Morgan fingerprint density at radius 1 is 0.893 bits per heavy atom. The van der Waals surface area contributed by atoms with Gasteiger partial charge >= 0.3 is 0 Å². The largest absolute Gasteiger partial charge is 0.322 e. The van der Waals surface area contributed by atoms with Gasteiger partial charge in [0.05, 0.1) is 0 Å². The lowest BCUT2D eigenvalue weighted by atomic mass is 10.0. The summed E-state index contributed by atoms with van der Waals surface area (Å²) in [5.41, 5.74) is 3.84. The maximum Gasteiger partial charge on any atom is 0.258 e. The molecule has 0 atom stereocenters. The number of fused-ring (bicyclic) bond motifs is 1. The van der Waals surface area contributed by atoms with Crippen molar-refractivity contribution in [1.82, 2.24) is 0 Å². The molecule has 4 nitrogen and oxygen atoms in total. The van der Waals surface area contributed by atoms with E-state index in [0.717, 1.165) is 18.5 Å². The molecule has 0 radical (unpaired) electrons. The molecule has 0 bridgehead atoms. The number of hydrogen-bond donors (Lipinski definition) is 1. The first-order valence-corrected chi connectivity index (χ1v) is 9.56. The smallest absolute Gasteiger partial charge is 0.258 e. The summed E-state index contributed by atoms with van der Waals surface area (Å²) < 4.78 is 0. The minimum atomic E-state index is -0.246. The van der Waals surface area contributed by atoms with Crippen LogP contribution in [0.3, 0.4) is 0 Å². The molecule has 0 spiro atoms. The molecule has 4 rings (SSSR count). The van der Waals surface area contributed by atoms with E-state index in [1.165, 1.54) is 5.56 Å². The Morgan fingerprint density at radius 3 is 2.43 bits per heavy atom. The molecule has 5 heteroatoms. The molecule has 1 N–H and O–H groups in total. The SMILES string of the molecule is O=C(Nc1cccc(Cl)c1)c1ccc(C(=O)N2CCCc3ccccc32)cc1. The van der Waals surface area contributed by atoms with E-state index in [9.17, 15) is 9.59 Å². The quantitative estimate of drug-likeness (QED) is 0.669. The predicted molar refractivity (Wildman–Crippen MR) is 112 cm³/mol. The van der Waals surface area contributed by atoms with Gasteiger partial charge in [-0.2, -0.15) is 0 Å². The molecule has 140 valence electrons. The number of aryl methyl sites for hydroxylation is 1. The van der Waals surface area contributed by atoms with Gasteiger partial charge in [0.2, 0.25) is 0 Å². The highest BCUT2D eigenvalue weighted by atomic mass is 35.5. The van der Waals surface area contributed by atoms with E-state index in [4.69, 9.17) is 11.6 Å². The number of anilines is 2. The van der Waals surface area contributed by atoms with Crippen molar-refractivity contribution in [2.24, 2.45) is 0 Å². The van der Waals surface area contributed by atoms with Crippen LogP contribution in [0.25, 0.3) is 0 Å². The van der Waals surface area contributed by atoms with Gasteiger partial charge < -0.3 is 10.2 Å². The van der Waals surface area contributed by atoms with Crippen LogP contribution in [-0.2, 0) is 6.42 Å². The number of rotatable bonds is 3. The Hall–Kier alpha value is -3.11. The molecule has 3 aromatic carbocycles. The summed E-state index contributed by atoms with van der Waals surface area (Å²) >= 11 is 5.95. The maximum absolute atomic E-state index is 13.0. The molecule has 28 heavy (non-hydrogen) atoms. The molecule has 0 saturated heterocycles. The van der Waals surface area contributed by atoms with E-state index < -0.39 is 0 Å². The molecule has 1 heterocycles.